The molecular formula is C21H22FN5O2. The summed E-state index contributed by atoms with van der Waals surface area (Å²) in [5.74, 6) is -0.178. The van der Waals surface area contributed by atoms with E-state index in [-0.39, 0.29) is 11.6 Å². The molecule has 2 heterocycles. The van der Waals surface area contributed by atoms with Gasteiger partial charge < -0.3 is 10.1 Å². The van der Waals surface area contributed by atoms with Crippen LogP contribution in [0.2, 0.25) is 0 Å². The van der Waals surface area contributed by atoms with E-state index in [9.17, 15) is 9.18 Å². The second kappa shape index (κ2) is 9.18. The number of carbonyl (C=O) groups excluding carboxylic acids is 1. The van der Waals surface area contributed by atoms with E-state index in [1.807, 2.05) is 13.8 Å². The molecule has 0 aliphatic carbocycles. The zero-order valence-electron chi connectivity index (χ0n) is 16.5. The van der Waals surface area contributed by atoms with Gasteiger partial charge in [0.1, 0.15) is 11.6 Å². The molecule has 0 bridgehead atoms. The molecule has 0 fully saturated rings. The summed E-state index contributed by atoms with van der Waals surface area (Å²) in [5, 5.41) is 2.84. The highest BCUT2D eigenvalue weighted by Crippen LogP contribution is 2.22. The number of nitrogens with one attached hydrogen (secondary N) is 1. The minimum Gasteiger partial charge on any atom is -0.477 e. The van der Waals surface area contributed by atoms with Crippen LogP contribution in [0.25, 0.3) is 11.3 Å². The van der Waals surface area contributed by atoms with Crippen LogP contribution in [0.3, 0.4) is 0 Å². The van der Waals surface area contributed by atoms with Crippen molar-refractivity contribution in [2.75, 3.05) is 6.61 Å². The molecule has 29 heavy (non-hydrogen) atoms. The van der Waals surface area contributed by atoms with Gasteiger partial charge >= 0.3 is 0 Å². The van der Waals surface area contributed by atoms with Crippen molar-refractivity contribution in [3.05, 3.63) is 65.8 Å². The molecule has 0 aliphatic rings. The number of amides is 1. The smallest absolute Gasteiger partial charge is 0.254 e. The van der Waals surface area contributed by atoms with Gasteiger partial charge in [0.25, 0.3) is 5.91 Å². The van der Waals surface area contributed by atoms with Gasteiger partial charge in [0.05, 0.1) is 42.0 Å². The molecule has 1 atom stereocenters. The van der Waals surface area contributed by atoms with Gasteiger partial charge in [0.2, 0.25) is 5.88 Å². The lowest BCUT2D eigenvalue weighted by atomic mass is 10.1. The fourth-order valence-electron chi connectivity index (χ4n) is 2.85. The topological polar surface area (TPSA) is 89.9 Å². The molecule has 7 nitrogen and oxygen atoms in total. The Hall–Kier alpha value is -3.42. The lowest BCUT2D eigenvalue weighted by molar-refractivity contribution is 0.0930. The Morgan fingerprint density at radius 3 is 2.72 bits per heavy atom. The second-order valence-electron chi connectivity index (χ2n) is 6.33. The van der Waals surface area contributed by atoms with Gasteiger partial charge in [-0.3, -0.25) is 9.78 Å². The first-order valence-electron chi connectivity index (χ1n) is 9.37. The Kier molecular flexibility index (Phi) is 6.43. The molecule has 3 aromatic rings. The summed E-state index contributed by atoms with van der Waals surface area (Å²) in [6.45, 7) is 6.00. The van der Waals surface area contributed by atoms with E-state index in [0.29, 0.717) is 41.7 Å². The fraction of sp³-hybridized carbons (Fsp3) is 0.286. The highest BCUT2D eigenvalue weighted by atomic mass is 19.1. The SMILES string of the molecule is CCOc1cncc(-c2ccc(C(=O)NC(CC)c3ccnc(C)n3)c(F)c2)n1. The van der Waals surface area contributed by atoms with Crippen LogP contribution >= 0.6 is 0 Å². The number of aryl methyl sites for hydroxylation is 1. The predicted octanol–water partition coefficient (Wildman–Crippen LogP) is 3.66. The standard InChI is InChI=1S/C21H22FN5O2/c1-4-17(18-8-9-24-13(3)25-18)27-21(28)15-7-6-14(10-16(15)22)19-11-23-12-20(26-19)29-5-2/h6-12,17H,4-5H2,1-3H3,(H,27,28). The number of hydrogen-bond donors (Lipinski definition) is 1. The Labute approximate surface area is 168 Å². The van der Waals surface area contributed by atoms with E-state index in [1.54, 1.807) is 25.3 Å². The molecule has 1 unspecified atom stereocenters. The molecule has 2 aromatic heterocycles. The molecule has 0 saturated heterocycles. The van der Waals surface area contributed by atoms with Crippen LogP contribution in [0.1, 0.15) is 48.2 Å². The molecule has 0 saturated carbocycles. The minimum atomic E-state index is -0.641. The van der Waals surface area contributed by atoms with Crippen molar-refractivity contribution in [3.63, 3.8) is 0 Å². The first-order chi connectivity index (χ1) is 14.0. The molecule has 1 amide bonds. The number of ether oxygens (including phenoxy) is 1. The Balaban J connectivity index is 1.80. The number of nitrogens with zero attached hydrogens (tertiary/aromatic N) is 4. The molecule has 1 aromatic carbocycles. The van der Waals surface area contributed by atoms with Crippen molar-refractivity contribution >= 4 is 5.91 Å². The van der Waals surface area contributed by atoms with Gasteiger partial charge in [0.15, 0.2) is 0 Å². The minimum absolute atomic E-state index is 0.0492. The first-order valence-corrected chi connectivity index (χ1v) is 9.37. The van der Waals surface area contributed by atoms with E-state index in [1.165, 1.54) is 24.5 Å². The monoisotopic (exact) mass is 395 g/mol. The molecule has 1 N–H and O–H groups in total. The lowest BCUT2D eigenvalue weighted by Crippen LogP contribution is -2.29. The average Bonchev–Trinajstić information content (AvgIpc) is 2.72. The highest BCUT2D eigenvalue weighted by Gasteiger charge is 2.19. The highest BCUT2D eigenvalue weighted by molar-refractivity contribution is 5.95. The fourth-order valence-corrected chi connectivity index (χ4v) is 2.85. The summed E-state index contributed by atoms with van der Waals surface area (Å²) in [7, 11) is 0. The van der Waals surface area contributed by atoms with Crippen LogP contribution in [0.5, 0.6) is 5.88 Å². The summed E-state index contributed by atoms with van der Waals surface area (Å²) in [5.41, 5.74) is 1.61. The maximum absolute atomic E-state index is 14.7. The van der Waals surface area contributed by atoms with E-state index in [0.717, 1.165) is 0 Å². The van der Waals surface area contributed by atoms with Crippen LogP contribution in [0, 0.1) is 12.7 Å². The van der Waals surface area contributed by atoms with Crippen molar-refractivity contribution in [3.8, 4) is 17.1 Å². The molecule has 0 spiro atoms. The molecule has 0 aliphatic heterocycles. The first kappa shape index (κ1) is 20.3. The van der Waals surface area contributed by atoms with Gasteiger partial charge in [0, 0.05) is 11.8 Å². The number of rotatable bonds is 7. The maximum Gasteiger partial charge on any atom is 0.254 e. The molecule has 8 heteroatoms. The van der Waals surface area contributed by atoms with Gasteiger partial charge in [-0.1, -0.05) is 13.0 Å². The van der Waals surface area contributed by atoms with Gasteiger partial charge in [-0.2, -0.15) is 0 Å². The van der Waals surface area contributed by atoms with E-state index in [2.05, 4.69) is 25.3 Å². The summed E-state index contributed by atoms with van der Waals surface area (Å²) in [6.07, 6.45) is 5.26. The van der Waals surface area contributed by atoms with E-state index in [4.69, 9.17) is 4.74 Å². The van der Waals surface area contributed by atoms with Crippen LogP contribution in [-0.4, -0.2) is 32.4 Å². The van der Waals surface area contributed by atoms with Crippen LogP contribution in [0.4, 0.5) is 4.39 Å². The van der Waals surface area contributed by atoms with E-state index >= 15 is 0 Å². The largest absolute Gasteiger partial charge is 0.477 e. The number of halogens is 1. The van der Waals surface area contributed by atoms with Crippen LogP contribution < -0.4 is 10.1 Å². The average molecular weight is 395 g/mol. The maximum atomic E-state index is 14.7. The molecular weight excluding hydrogens is 373 g/mol. The Bertz CT molecular complexity index is 1010. The number of hydrogen-bond acceptors (Lipinski definition) is 6. The summed E-state index contributed by atoms with van der Waals surface area (Å²) in [4.78, 5) is 29.4. The predicted molar refractivity (Wildman–Crippen MR) is 106 cm³/mol. The summed E-state index contributed by atoms with van der Waals surface area (Å²) in [6, 6.07) is 5.74. The third-order valence-corrected chi connectivity index (χ3v) is 4.28. The normalized spacial score (nSPS) is 11.7. The van der Waals surface area contributed by atoms with Crippen molar-refractivity contribution in [1.29, 1.82) is 0 Å². The van der Waals surface area contributed by atoms with Crippen LogP contribution in [-0.2, 0) is 0 Å². The van der Waals surface area contributed by atoms with Gasteiger partial charge in [-0.15, -0.1) is 0 Å². The number of aromatic nitrogens is 4. The van der Waals surface area contributed by atoms with Crippen molar-refractivity contribution < 1.29 is 13.9 Å². The zero-order valence-corrected chi connectivity index (χ0v) is 16.5. The van der Waals surface area contributed by atoms with Crippen molar-refractivity contribution in [1.82, 2.24) is 25.3 Å². The van der Waals surface area contributed by atoms with E-state index < -0.39 is 11.7 Å². The Morgan fingerprint density at radius 1 is 1.21 bits per heavy atom. The van der Waals surface area contributed by atoms with Gasteiger partial charge in [-0.25, -0.2) is 19.3 Å². The van der Waals surface area contributed by atoms with Crippen LogP contribution in [0.15, 0.2) is 42.9 Å². The third-order valence-electron chi connectivity index (χ3n) is 4.28. The molecule has 3 rings (SSSR count). The molecule has 0 radical (unpaired) electrons. The van der Waals surface area contributed by atoms with Gasteiger partial charge in [-0.05, 0) is 38.5 Å². The van der Waals surface area contributed by atoms with Crippen molar-refractivity contribution in [2.24, 2.45) is 0 Å². The summed E-state index contributed by atoms with van der Waals surface area (Å²) < 4.78 is 20.0. The van der Waals surface area contributed by atoms with Crippen molar-refractivity contribution in [2.45, 2.75) is 33.2 Å². The molecule has 150 valence electrons. The summed E-state index contributed by atoms with van der Waals surface area (Å²) >= 11 is 0. The Morgan fingerprint density at radius 2 is 2.03 bits per heavy atom. The second-order valence-corrected chi connectivity index (χ2v) is 6.33. The lowest BCUT2D eigenvalue weighted by Gasteiger charge is -2.17. The third kappa shape index (κ3) is 4.90. The zero-order chi connectivity index (χ0) is 20.8. The number of benzene rings is 1. The number of carbonyl (C=O) groups is 1. The quantitative estimate of drug-likeness (QED) is 0.657.